The molecule has 1 heterocycles. The fraction of sp³-hybridized carbons (Fsp3) is 0.375. The molecule has 1 rings (SSSR count). The van der Waals surface area contributed by atoms with E-state index < -0.39 is 18.0 Å². The maximum Gasteiger partial charge on any atom is 0.433 e. The average Bonchev–Trinajstić information content (AvgIpc) is 2.15. The Morgan fingerprint density at radius 1 is 1.50 bits per heavy atom. The van der Waals surface area contributed by atoms with Crippen LogP contribution in [0.15, 0.2) is 18.3 Å². The molecule has 2 N–H and O–H groups in total. The first-order chi connectivity index (χ1) is 6.46. The Labute approximate surface area is 78.6 Å². The maximum absolute atomic E-state index is 12.4. The predicted octanol–water partition coefficient (Wildman–Crippen LogP) is 2.05. The van der Waals surface area contributed by atoms with Crippen LogP contribution in [0.3, 0.4) is 0 Å². The number of nitrogens with two attached hydrogens (primary N) is 1. The zero-order chi connectivity index (χ0) is 10.8. The minimum absolute atomic E-state index is 0.0671. The summed E-state index contributed by atoms with van der Waals surface area (Å²) in [6, 6.07) is 2.69. The lowest BCUT2D eigenvalue weighted by atomic mass is 10.1. The van der Waals surface area contributed by atoms with Crippen LogP contribution in [0.2, 0.25) is 0 Å². The second kappa shape index (κ2) is 3.93. The molecule has 0 amide bonds. The highest BCUT2D eigenvalue weighted by molar-refractivity contribution is 5.24. The first-order valence-electron chi connectivity index (χ1n) is 3.84. The van der Waals surface area contributed by atoms with Gasteiger partial charge in [0, 0.05) is 11.8 Å². The van der Waals surface area contributed by atoms with Crippen molar-refractivity contribution in [3.63, 3.8) is 0 Å². The van der Waals surface area contributed by atoms with E-state index in [1.54, 1.807) is 0 Å². The third-order valence-electron chi connectivity index (χ3n) is 1.75. The van der Waals surface area contributed by atoms with Crippen molar-refractivity contribution in [2.24, 2.45) is 5.90 Å². The third kappa shape index (κ3) is 2.21. The molecule has 0 bridgehead atoms. The molecule has 0 aliphatic heterocycles. The summed E-state index contributed by atoms with van der Waals surface area (Å²) in [4.78, 5) is 7.59. The van der Waals surface area contributed by atoms with E-state index in [-0.39, 0.29) is 5.56 Å². The van der Waals surface area contributed by atoms with E-state index in [4.69, 9.17) is 5.90 Å². The molecule has 1 aromatic heterocycles. The van der Waals surface area contributed by atoms with Crippen molar-refractivity contribution in [2.45, 2.75) is 19.2 Å². The van der Waals surface area contributed by atoms with Crippen molar-refractivity contribution in [1.82, 2.24) is 4.98 Å². The topological polar surface area (TPSA) is 48.1 Å². The van der Waals surface area contributed by atoms with Crippen molar-refractivity contribution < 1.29 is 18.0 Å². The number of halogens is 3. The molecule has 1 aromatic rings. The van der Waals surface area contributed by atoms with E-state index >= 15 is 0 Å². The van der Waals surface area contributed by atoms with Gasteiger partial charge in [0.25, 0.3) is 0 Å². The van der Waals surface area contributed by atoms with Gasteiger partial charge >= 0.3 is 6.18 Å². The minimum Gasteiger partial charge on any atom is -0.297 e. The van der Waals surface area contributed by atoms with Gasteiger partial charge in [-0.3, -0.25) is 9.82 Å². The molecule has 0 saturated heterocycles. The normalized spacial score (nSPS) is 14.1. The Balaban J connectivity index is 3.16. The van der Waals surface area contributed by atoms with E-state index in [1.807, 2.05) is 0 Å². The van der Waals surface area contributed by atoms with Gasteiger partial charge in [-0.2, -0.15) is 13.2 Å². The average molecular weight is 206 g/mol. The molecular weight excluding hydrogens is 197 g/mol. The molecular formula is C8H9F3N2O. The van der Waals surface area contributed by atoms with Crippen LogP contribution in [0.4, 0.5) is 13.2 Å². The number of hydrogen-bond donors (Lipinski definition) is 1. The minimum atomic E-state index is -4.48. The number of hydrogen-bond acceptors (Lipinski definition) is 3. The van der Waals surface area contributed by atoms with E-state index in [1.165, 1.54) is 19.1 Å². The Bertz CT molecular complexity index is 314. The van der Waals surface area contributed by atoms with Gasteiger partial charge in [0.2, 0.25) is 0 Å². The highest BCUT2D eigenvalue weighted by Gasteiger charge is 2.36. The van der Waals surface area contributed by atoms with E-state index in [2.05, 4.69) is 9.82 Å². The lowest BCUT2D eigenvalue weighted by Gasteiger charge is -2.14. The van der Waals surface area contributed by atoms with Crippen molar-refractivity contribution in [2.75, 3.05) is 0 Å². The summed E-state index contributed by atoms with van der Waals surface area (Å²) in [7, 11) is 0. The van der Waals surface area contributed by atoms with Gasteiger partial charge in [-0.05, 0) is 13.0 Å². The van der Waals surface area contributed by atoms with Crippen LogP contribution < -0.4 is 5.90 Å². The van der Waals surface area contributed by atoms with Crippen molar-refractivity contribution in [3.8, 4) is 0 Å². The second-order valence-electron chi connectivity index (χ2n) is 2.72. The molecule has 0 radical (unpaired) electrons. The molecule has 1 unspecified atom stereocenters. The van der Waals surface area contributed by atoms with Crippen molar-refractivity contribution >= 4 is 0 Å². The Kier molecular flexibility index (Phi) is 3.07. The molecule has 1 atom stereocenters. The number of nitrogens with zero attached hydrogens (tertiary/aromatic N) is 1. The maximum atomic E-state index is 12.4. The predicted molar refractivity (Wildman–Crippen MR) is 42.9 cm³/mol. The van der Waals surface area contributed by atoms with Crippen LogP contribution in [-0.2, 0) is 11.0 Å². The second-order valence-corrected chi connectivity index (χ2v) is 2.72. The quantitative estimate of drug-likeness (QED) is 0.753. The largest absolute Gasteiger partial charge is 0.433 e. The molecule has 78 valence electrons. The fourth-order valence-corrected chi connectivity index (χ4v) is 1.06. The summed E-state index contributed by atoms with van der Waals surface area (Å²) in [6.07, 6.45) is -4.24. The molecule has 3 nitrogen and oxygen atoms in total. The molecule has 0 aromatic carbocycles. The summed E-state index contributed by atoms with van der Waals surface area (Å²) in [6.45, 7) is 1.42. The first-order valence-corrected chi connectivity index (χ1v) is 3.84. The molecule has 0 aliphatic carbocycles. The third-order valence-corrected chi connectivity index (χ3v) is 1.75. The van der Waals surface area contributed by atoms with Crippen LogP contribution in [0.5, 0.6) is 0 Å². The summed E-state index contributed by atoms with van der Waals surface area (Å²) >= 11 is 0. The Morgan fingerprint density at radius 3 is 2.64 bits per heavy atom. The van der Waals surface area contributed by atoms with E-state index in [0.717, 1.165) is 6.20 Å². The standard InChI is InChI=1S/C8H9F3N2O/c1-5(14-12)6-3-2-4-13-7(6)8(9,10)11/h2-5H,12H2,1H3. The molecule has 6 heteroatoms. The number of alkyl halides is 3. The van der Waals surface area contributed by atoms with Gasteiger partial charge in [-0.25, -0.2) is 5.90 Å². The Hall–Kier alpha value is -1.14. The van der Waals surface area contributed by atoms with Gasteiger partial charge in [-0.1, -0.05) is 6.07 Å². The van der Waals surface area contributed by atoms with Crippen molar-refractivity contribution in [1.29, 1.82) is 0 Å². The summed E-state index contributed by atoms with van der Waals surface area (Å²) < 4.78 is 37.2. The lowest BCUT2D eigenvalue weighted by molar-refractivity contribution is -0.143. The number of aromatic nitrogens is 1. The smallest absolute Gasteiger partial charge is 0.297 e. The zero-order valence-electron chi connectivity index (χ0n) is 7.38. The molecule has 0 fully saturated rings. The highest BCUT2D eigenvalue weighted by atomic mass is 19.4. The molecule has 14 heavy (non-hydrogen) atoms. The van der Waals surface area contributed by atoms with Gasteiger partial charge < -0.3 is 0 Å². The van der Waals surface area contributed by atoms with E-state index in [9.17, 15) is 13.2 Å². The summed E-state index contributed by atoms with van der Waals surface area (Å²) in [5, 5.41) is 0. The lowest BCUT2D eigenvalue weighted by Crippen LogP contribution is -2.16. The van der Waals surface area contributed by atoms with Crippen LogP contribution >= 0.6 is 0 Å². The van der Waals surface area contributed by atoms with Crippen LogP contribution in [-0.4, -0.2) is 4.98 Å². The van der Waals surface area contributed by atoms with E-state index in [0.29, 0.717) is 0 Å². The fourth-order valence-electron chi connectivity index (χ4n) is 1.06. The highest BCUT2D eigenvalue weighted by Crippen LogP contribution is 2.33. The van der Waals surface area contributed by atoms with Crippen LogP contribution in [0.25, 0.3) is 0 Å². The van der Waals surface area contributed by atoms with Crippen molar-refractivity contribution in [3.05, 3.63) is 29.6 Å². The van der Waals surface area contributed by atoms with Crippen LogP contribution in [0.1, 0.15) is 24.3 Å². The molecule has 0 saturated carbocycles. The number of rotatable bonds is 2. The number of pyridine rings is 1. The van der Waals surface area contributed by atoms with Gasteiger partial charge in [0.05, 0.1) is 0 Å². The summed E-state index contributed by atoms with van der Waals surface area (Å²) in [5.74, 6) is 4.82. The zero-order valence-corrected chi connectivity index (χ0v) is 7.38. The first kappa shape index (κ1) is 10.9. The van der Waals surface area contributed by atoms with Crippen LogP contribution in [0, 0.1) is 0 Å². The monoisotopic (exact) mass is 206 g/mol. The summed E-state index contributed by atoms with van der Waals surface area (Å²) in [5.41, 5.74) is -1.03. The Morgan fingerprint density at radius 2 is 2.14 bits per heavy atom. The molecule has 0 spiro atoms. The molecule has 0 aliphatic rings. The SMILES string of the molecule is CC(ON)c1cccnc1C(F)(F)F. The van der Waals surface area contributed by atoms with Gasteiger partial charge in [-0.15, -0.1) is 0 Å². The van der Waals surface area contributed by atoms with Gasteiger partial charge in [0.1, 0.15) is 11.8 Å². The van der Waals surface area contributed by atoms with Gasteiger partial charge in [0.15, 0.2) is 0 Å².